The fraction of sp³-hybridized carbons (Fsp3) is 0.222. The number of thioether (sulfide) groups is 1. The standard InChI is InChI=1S/C18H18N2O5S/c1-19(11-14-5-3-2-4-6-14)17(21)12-25-18(22)13-26-16-9-7-15(8-10-16)20(23)24/h2-10H,11-13H2,1H3. The highest BCUT2D eigenvalue weighted by atomic mass is 32.2. The van der Waals surface area contributed by atoms with E-state index in [0.29, 0.717) is 11.4 Å². The summed E-state index contributed by atoms with van der Waals surface area (Å²) in [6.45, 7) is 0.123. The molecule has 2 rings (SSSR count). The van der Waals surface area contributed by atoms with Crippen LogP contribution < -0.4 is 0 Å². The number of carbonyl (C=O) groups excluding carboxylic acids is 2. The summed E-state index contributed by atoms with van der Waals surface area (Å²) < 4.78 is 4.99. The Morgan fingerprint density at radius 2 is 1.77 bits per heavy atom. The van der Waals surface area contributed by atoms with Crippen molar-refractivity contribution in [3.8, 4) is 0 Å². The van der Waals surface area contributed by atoms with Crippen molar-refractivity contribution in [3.05, 3.63) is 70.3 Å². The summed E-state index contributed by atoms with van der Waals surface area (Å²) in [7, 11) is 1.65. The molecule has 0 unspecified atom stereocenters. The van der Waals surface area contributed by atoms with Gasteiger partial charge in [-0.2, -0.15) is 0 Å². The molecule has 2 aromatic carbocycles. The van der Waals surface area contributed by atoms with Gasteiger partial charge in [0, 0.05) is 30.6 Å². The Labute approximate surface area is 155 Å². The Bertz CT molecular complexity index is 765. The molecule has 1 amide bonds. The van der Waals surface area contributed by atoms with E-state index in [2.05, 4.69) is 0 Å². The maximum atomic E-state index is 12.0. The highest BCUT2D eigenvalue weighted by Gasteiger charge is 2.13. The van der Waals surface area contributed by atoms with Gasteiger partial charge in [0.15, 0.2) is 6.61 Å². The van der Waals surface area contributed by atoms with Gasteiger partial charge in [-0.3, -0.25) is 19.7 Å². The van der Waals surface area contributed by atoms with Crippen molar-refractivity contribution in [1.29, 1.82) is 0 Å². The van der Waals surface area contributed by atoms with Crippen LogP contribution in [0, 0.1) is 10.1 Å². The molecule has 0 aliphatic heterocycles. The van der Waals surface area contributed by atoms with Gasteiger partial charge in [-0.1, -0.05) is 30.3 Å². The van der Waals surface area contributed by atoms with Crippen LogP contribution in [-0.2, 0) is 20.9 Å². The first-order valence-electron chi connectivity index (χ1n) is 7.76. The lowest BCUT2D eigenvalue weighted by atomic mass is 10.2. The number of amides is 1. The third-order valence-corrected chi connectivity index (χ3v) is 4.43. The normalized spacial score (nSPS) is 10.2. The van der Waals surface area contributed by atoms with Gasteiger partial charge in [-0.05, 0) is 17.7 Å². The minimum absolute atomic E-state index is 0.0102. The fourth-order valence-electron chi connectivity index (χ4n) is 2.05. The smallest absolute Gasteiger partial charge is 0.316 e. The maximum Gasteiger partial charge on any atom is 0.316 e. The van der Waals surface area contributed by atoms with E-state index < -0.39 is 10.9 Å². The van der Waals surface area contributed by atoms with Gasteiger partial charge in [-0.25, -0.2) is 0 Å². The van der Waals surface area contributed by atoms with Crippen LogP contribution in [0.2, 0.25) is 0 Å². The zero-order valence-electron chi connectivity index (χ0n) is 14.2. The van der Waals surface area contributed by atoms with E-state index >= 15 is 0 Å². The van der Waals surface area contributed by atoms with E-state index in [4.69, 9.17) is 4.74 Å². The Morgan fingerprint density at radius 1 is 1.12 bits per heavy atom. The van der Waals surface area contributed by atoms with E-state index in [-0.39, 0.29) is 24.0 Å². The number of hydrogen-bond acceptors (Lipinski definition) is 6. The lowest BCUT2D eigenvalue weighted by molar-refractivity contribution is -0.384. The molecule has 136 valence electrons. The molecule has 0 saturated heterocycles. The quantitative estimate of drug-likeness (QED) is 0.305. The number of likely N-dealkylation sites (N-methyl/N-ethyl adjacent to an activating group) is 1. The van der Waals surface area contributed by atoms with Crippen molar-refractivity contribution in [2.24, 2.45) is 0 Å². The van der Waals surface area contributed by atoms with Gasteiger partial charge in [0.05, 0.1) is 10.7 Å². The third-order valence-electron chi connectivity index (χ3n) is 3.45. The Morgan fingerprint density at radius 3 is 2.38 bits per heavy atom. The predicted octanol–water partition coefficient (Wildman–Crippen LogP) is 2.89. The van der Waals surface area contributed by atoms with E-state index in [1.165, 1.54) is 28.8 Å². The molecule has 8 heteroatoms. The number of nitro groups is 1. The Balaban J connectivity index is 1.72. The molecule has 2 aromatic rings. The summed E-state index contributed by atoms with van der Waals surface area (Å²) in [5.74, 6) is -0.787. The molecule has 7 nitrogen and oxygen atoms in total. The molecule has 0 heterocycles. The van der Waals surface area contributed by atoms with Gasteiger partial charge in [-0.15, -0.1) is 11.8 Å². The van der Waals surface area contributed by atoms with Gasteiger partial charge in [0.2, 0.25) is 0 Å². The molecule has 0 radical (unpaired) electrons. The van der Waals surface area contributed by atoms with Crippen LogP contribution >= 0.6 is 11.8 Å². The summed E-state index contributed by atoms with van der Waals surface area (Å²) in [5, 5.41) is 10.6. The molecule has 0 aliphatic carbocycles. The zero-order chi connectivity index (χ0) is 18.9. The second-order valence-electron chi connectivity index (χ2n) is 5.44. The van der Waals surface area contributed by atoms with Crippen molar-refractivity contribution in [1.82, 2.24) is 4.90 Å². The molecular weight excluding hydrogens is 356 g/mol. The van der Waals surface area contributed by atoms with Crippen molar-refractivity contribution >= 4 is 29.3 Å². The lowest BCUT2D eigenvalue weighted by Crippen LogP contribution is -2.31. The molecule has 0 bridgehead atoms. The number of rotatable bonds is 8. The first kappa shape index (κ1) is 19.5. The number of nitro benzene ring substituents is 1. The second kappa shape index (κ2) is 9.57. The lowest BCUT2D eigenvalue weighted by Gasteiger charge is -2.17. The Kier molecular flexibility index (Phi) is 7.16. The molecule has 0 aromatic heterocycles. The van der Waals surface area contributed by atoms with Gasteiger partial charge in [0.1, 0.15) is 0 Å². The largest absolute Gasteiger partial charge is 0.455 e. The SMILES string of the molecule is CN(Cc1ccccc1)C(=O)COC(=O)CSc1ccc([N+](=O)[O-])cc1. The first-order valence-corrected chi connectivity index (χ1v) is 8.75. The van der Waals surface area contributed by atoms with E-state index in [9.17, 15) is 19.7 Å². The summed E-state index contributed by atoms with van der Waals surface area (Å²) >= 11 is 1.19. The highest BCUT2D eigenvalue weighted by molar-refractivity contribution is 8.00. The molecular formula is C18H18N2O5S. The number of ether oxygens (including phenoxy) is 1. The summed E-state index contributed by atoms with van der Waals surface area (Å²) in [4.78, 5) is 36.1. The average molecular weight is 374 g/mol. The first-order chi connectivity index (χ1) is 12.5. The molecule has 0 atom stereocenters. The summed E-state index contributed by atoms with van der Waals surface area (Å²) in [5.41, 5.74) is 0.979. The predicted molar refractivity (Wildman–Crippen MR) is 97.7 cm³/mol. The second-order valence-corrected chi connectivity index (χ2v) is 6.48. The van der Waals surface area contributed by atoms with Crippen molar-refractivity contribution < 1.29 is 19.2 Å². The summed E-state index contributed by atoms with van der Waals surface area (Å²) in [6, 6.07) is 15.4. The number of hydrogen-bond donors (Lipinski definition) is 0. The van der Waals surface area contributed by atoms with Crippen molar-refractivity contribution in [2.75, 3.05) is 19.4 Å². The molecule has 0 N–H and O–H groups in total. The van der Waals surface area contributed by atoms with Crippen LogP contribution in [0.3, 0.4) is 0 Å². The third kappa shape index (κ3) is 6.21. The zero-order valence-corrected chi connectivity index (χ0v) is 15.0. The van der Waals surface area contributed by atoms with E-state index in [1.807, 2.05) is 30.3 Å². The number of nitrogens with zero attached hydrogens (tertiary/aromatic N) is 2. The van der Waals surface area contributed by atoms with Crippen LogP contribution in [0.15, 0.2) is 59.5 Å². The van der Waals surface area contributed by atoms with Crippen molar-refractivity contribution in [3.63, 3.8) is 0 Å². The number of esters is 1. The Hall–Kier alpha value is -2.87. The number of non-ortho nitro benzene ring substituents is 1. The van der Waals surface area contributed by atoms with Crippen LogP contribution in [0.5, 0.6) is 0 Å². The molecule has 0 spiro atoms. The monoisotopic (exact) mass is 374 g/mol. The number of benzene rings is 2. The fourth-order valence-corrected chi connectivity index (χ4v) is 2.74. The van der Waals surface area contributed by atoms with E-state index in [0.717, 1.165) is 5.56 Å². The topological polar surface area (TPSA) is 89.8 Å². The number of carbonyl (C=O) groups is 2. The molecule has 0 fully saturated rings. The van der Waals surface area contributed by atoms with E-state index in [1.54, 1.807) is 19.2 Å². The minimum atomic E-state index is -0.519. The summed E-state index contributed by atoms with van der Waals surface area (Å²) in [6.07, 6.45) is 0. The van der Waals surface area contributed by atoms with Crippen LogP contribution in [0.1, 0.15) is 5.56 Å². The highest BCUT2D eigenvalue weighted by Crippen LogP contribution is 2.21. The maximum absolute atomic E-state index is 12.0. The molecule has 0 aliphatic rings. The van der Waals surface area contributed by atoms with Crippen molar-refractivity contribution in [2.45, 2.75) is 11.4 Å². The van der Waals surface area contributed by atoms with Gasteiger partial charge >= 0.3 is 5.97 Å². The van der Waals surface area contributed by atoms with Crippen LogP contribution in [-0.4, -0.2) is 41.1 Å². The molecule has 26 heavy (non-hydrogen) atoms. The van der Waals surface area contributed by atoms with Gasteiger partial charge < -0.3 is 9.64 Å². The van der Waals surface area contributed by atoms with Gasteiger partial charge in [0.25, 0.3) is 11.6 Å². The van der Waals surface area contributed by atoms with Crippen LogP contribution in [0.25, 0.3) is 0 Å². The van der Waals surface area contributed by atoms with Crippen LogP contribution in [0.4, 0.5) is 5.69 Å². The average Bonchev–Trinajstić information content (AvgIpc) is 2.65. The molecule has 0 saturated carbocycles. The minimum Gasteiger partial charge on any atom is -0.455 e.